The average Bonchev–Trinajstić information content (AvgIpc) is 2.46. The van der Waals surface area contributed by atoms with Crippen molar-refractivity contribution in [2.75, 3.05) is 12.4 Å². The summed E-state index contributed by atoms with van der Waals surface area (Å²) in [7, 11) is 1.74. The number of hydrogen-bond acceptors (Lipinski definition) is 2. The van der Waals surface area contributed by atoms with Crippen LogP contribution < -0.4 is 5.32 Å². The van der Waals surface area contributed by atoms with Crippen molar-refractivity contribution in [3.63, 3.8) is 0 Å². The van der Waals surface area contributed by atoms with Crippen molar-refractivity contribution in [2.24, 2.45) is 0 Å². The molecular weight excluding hydrogens is 295 g/mol. The molecular formula is C15H12Cl2N2O. The summed E-state index contributed by atoms with van der Waals surface area (Å²) in [6, 6.07) is 12.8. The van der Waals surface area contributed by atoms with Crippen LogP contribution in [0, 0.1) is 0 Å². The van der Waals surface area contributed by atoms with Crippen molar-refractivity contribution in [1.29, 1.82) is 0 Å². The topological polar surface area (TPSA) is 32.3 Å². The van der Waals surface area contributed by atoms with Crippen molar-refractivity contribution >= 4 is 34.8 Å². The number of carbonyl (C=O) groups excluding carboxylic acids is 1. The molecule has 0 spiro atoms. The molecule has 2 aromatic carbocycles. The van der Waals surface area contributed by atoms with Crippen LogP contribution in [0.4, 0.5) is 5.69 Å². The fourth-order valence-electron chi connectivity index (χ4n) is 2.36. The summed E-state index contributed by atoms with van der Waals surface area (Å²) in [6.45, 7) is 0. The first-order valence-electron chi connectivity index (χ1n) is 6.16. The second-order valence-electron chi connectivity index (χ2n) is 4.65. The van der Waals surface area contributed by atoms with Crippen LogP contribution in [0.3, 0.4) is 0 Å². The van der Waals surface area contributed by atoms with E-state index >= 15 is 0 Å². The Morgan fingerprint density at radius 1 is 1.10 bits per heavy atom. The Labute approximate surface area is 127 Å². The second kappa shape index (κ2) is 5.00. The van der Waals surface area contributed by atoms with E-state index in [0.29, 0.717) is 15.6 Å². The molecule has 0 aliphatic carbocycles. The smallest absolute Gasteiger partial charge is 0.257 e. The highest BCUT2D eigenvalue weighted by molar-refractivity contribution is 6.42. The van der Waals surface area contributed by atoms with E-state index in [9.17, 15) is 4.79 Å². The summed E-state index contributed by atoms with van der Waals surface area (Å²) in [6.07, 6.45) is -0.330. The van der Waals surface area contributed by atoms with Gasteiger partial charge >= 0.3 is 0 Å². The third-order valence-electron chi connectivity index (χ3n) is 3.43. The number of rotatable bonds is 1. The molecule has 0 saturated carbocycles. The molecule has 1 heterocycles. The zero-order valence-electron chi connectivity index (χ0n) is 10.7. The third kappa shape index (κ3) is 2.03. The molecule has 1 atom stereocenters. The van der Waals surface area contributed by atoms with E-state index in [0.717, 1.165) is 11.3 Å². The Morgan fingerprint density at radius 2 is 1.85 bits per heavy atom. The molecule has 0 aromatic heterocycles. The minimum Gasteiger partial charge on any atom is -0.361 e. The van der Waals surface area contributed by atoms with E-state index in [1.165, 1.54) is 0 Å². The zero-order valence-corrected chi connectivity index (χ0v) is 12.2. The minimum atomic E-state index is -0.330. The van der Waals surface area contributed by atoms with Crippen molar-refractivity contribution in [3.05, 3.63) is 63.6 Å². The molecule has 102 valence electrons. The van der Waals surface area contributed by atoms with Gasteiger partial charge in [-0.15, -0.1) is 0 Å². The Bertz CT molecular complexity index is 687. The van der Waals surface area contributed by atoms with Gasteiger partial charge in [0.15, 0.2) is 0 Å². The van der Waals surface area contributed by atoms with Crippen LogP contribution in [0.25, 0.3) is 0 Å². The molecule has 0 bridgehead atoms. The fourth-order valence-corrected chi connectivity index (χ4v) is 2.78. The number of nitrogens with zero attached hydrogens (tertiary/aromatic N) is 1. The fraction of sp³-hybridized carbons (Fsp3) is 0.133. The van der Waals surface area contributed by atoms with Gasteiger partial charge in [0.05, 0.1) is 15.6 Å². The molecule has 3 rings (SSSR count). The molecule has 0 radical (unpaired) electrons. The predicted octanol–water partition coefficient (Wildman–Crippen LogP) is 4.19. The van der Waals surface area contributed by atoms with Gasteiger partial charge in [-0.1, -0.05) is 47.5 Å². The summed E-state index contributed by atoms with van der Waals surface area (Å²) in [4.78, 5) is 14.0. The number of halogens is 2. The normalized spacial score (nSPS) is 17.6. The van der Waals surface area contributed by atoms with Gasteiger partial charge in [0.1, 0.15) is 6.17 Å². The number of para-hydroxylation sites is 1. The first kappa shape index (κ1) is 13.3. The van der Waals surface area contributed by atoms with Crippen molar-refractivity contribution < 1.29 is 4.79 Å². The van der Waals surface area contributed by atoms with E-state index in [1.807, 2.05) is 30.3 Å². The van der Waals surface area contributed by atoms with E-state index in [1.54, 1.807) is 24.1 Å². The van der Waals surface area contributed by atoms with Crippen LogP contribution in [0.15, 0.2) is 42.5 Å². The van der Waals surface area contributed by atoms with E-state index in [-0.39, 0.29) is 12.1 Å². The van der Waals surface area contributed by atoms with Gasteiger partial charge in [-0.3, -0.25) is 4.79 Å². The number of benzene rings is 2. The van der Waals surface area contributed by atoms with E-state index in [4.69, 9.17) is 23.2 Å². The molecule has 1 N–H and O–H groups in total. The average molecular weight is 307 g/mol. The van der Waals surface area contributed by atoms with Gasteiger partial charge < -0.3 is 10.2 Å². The lowest BCUT2D eigenvalue weighted by molar-refractivity contribution is 0.0735. The number of fused-ring (bicyclic) bond motifs is 1. The van der Waals surface area contributed by atoms with Crippen LogP contribution in [-0.4, -0.2) is 17.9 Å². The van der Waals surface area contributed by atoms with E-state index < -0.39 is 0 Å². The first-order valence-corrected chi connectivity index (χ1v) is 6.92. The van der Waals surface area contributed by atoms with Gasteiger partial charge in [-0.05, 0) is 18.2 Å². The molecule has 5 heteroatoms. The van der Waals surface area contributed by atoms with Crippen LogP contribution in [0.2, 0.25) is 10.0 Å². The second-order valence-corrected chi connectivity index (χ2v) is 5.44. The van der Waals surface area contributed by atoms with E-state index in [2.05, 4.69) is 5.32 Å². The molecule has 3 nitrogen and oxygen atoms in total. The van der Waals surface area contributed by atoms with Crippen LogP contribution >= 0.6 is 23.2 Å². The maximum atomic E-state index is 12.4. The number of amides is 1. The van der Waals surface area contributed by atoms with Crippen LogP contribution in [0.5, 0.6) is 0 Å². The molecule has 1 unspecified atom stereocenters. The molecule has 2 aromatic rings. The number of anilines is 1. The quantitative estimate of drug-likeness (QED) is 0.857. The lowest BCUT2D eigenvalue weighted by Gasteiger charge is -2.36. The summed E-state index contributed by atoms with van der Waals surface area (Å²) >= 11 is 12.3. The van der Waals surface area contributed by atoms with Crippen molar-refractivity contribution in [3.8, 4) is 0 Å². The Balaban J connectivity index is 2.08. The third-order valence-corrected chi connectivity index (χ3v) is 4.27. The summed E-state index contributed by atoms with van der Waals surface area (Å²) in [5.41, 5.74) is 2.24. The van der Waals surface area contributed by atoms with Crippen LogP contribution in [-0.2, 0) is 0 Å². The monoisotopic (exact) mass is 306 g/mol. The van der Waals surface area contributed by atoms with Crippen molar-refractivity contribution in [1.82, 2.24) is 4.90 Å². The van der Waals surface area contributed by atoms with Crippen molar-refractivity contribution in [2.45, 2.75) is 6.17 Å². The standard InChI is InChI=1S/C15H12Cl2N2O/c1-19-14(10-6-4-7-11(16)13(10)17)18-12-8-3-2-5-9(12)15(19)20/h2-8,14,18H,1H3. The zero-order chi connectivity index (χ0) is 14.3. The molecule has 0 fully saturated rings. The lowest BCUT2D eigenvalue weighted by Crippen LogP contribution is -2.40. The van der Waals surface area contributed by atoms with Crippen LogP contribution in [0.1, 0.15) is 22.1 Å². The summed E-state index contributed by atoms with van der Waals surface area (Å²) in [5, 5.41) is 4.26. The highest BCUT2D eigenvalue weighted by Gasteiger charge is 2.31. The summed E-state index contributed by atoms with van der Waals surface area (Å²) < 4.78 is 0. The van der Waals surface area contributed by atoms with Gasteiger partial charge in [0.2, 0.25) is 0 Å². The SMILES string of the molecule is CN1C(=O)c2ccccc2NC1c1cccc(Cl)c1Cl. The number of hydrogen-bond donors (Lipinski definition) is 1. The highest BCUT2D eigenvalue weighted by atomic mass is 35.5. The lowest BCUT2D eigenvalue weighted by atomic mass is 10.0. The summed E-state index contributed by atoms with van der Waals surface area (Å²) in [5.74, 6) is -0.0413. The molecule has 1 aliphatic heterocycles. The maximum Gasteiger partial charge on any atom is 0.257 e. The Hall–Kier alpha value is -1.71. The first-order chi connectivity index (χ1) is 9.59. The van der Waals surface area contributed by atoms with Gasteiger partial charge in [0, 0.05) is 18.3 Å². The van der Waals surface area contributed by atoms with Gasteiger partial charge in [-0.2, -0.15) is 0 Å². The molecule has 1 amide bonds. The predicted molar refractivity (Wildman–Crippen MR) is 81.4 cm³/mol. The highest BCUT2D eigenvalue weighted by Crippen LogP contribution is 2.37. The maximum absolute atomic E-state index is 12.4. The van der Waals surface area contributed by atoms with Gasteiger partial charge in [-0.25, -0.2) is 0 Å². The minimum absolute atomic E-state index is 0.0413. The number of nitrogens with one attached hydrogen (secondary N) is 1. The van der Waals surface area contributed by atoms with Gasteiger partial charge in [0.25, 0.3) is 5.91 Å². The molecule has 0 saturated heterocycles. The Kier molecular flexibility index (Phi) is 3.32. The number of carbonyl (C=O) groups is 1. The Morgan fingerprint density at radius 3 is 2.65 bits per heavy atom. The molecule has 20 heavy (non-hydrogen) atoms. The molecule has 1 aliphatic rings. The largest absolute Gasteiger partial charge is 0.361 e.